The van der Waals surface area contributed by atoms with Gasteiger partial charge in [-0.05, 0) is 64.8 Å². The van der Waals surface area contributed by atoms with Gasteiger partial charge in [0.2, 0.25) is 5.89 Å². The summed E-state index contributed by atoms with van der Waals surface area (Å²) in [5, 5.41) is 3.49. The van der Waals surface area contributed by atoms with Gasteiger partial charge in [0.25, 0.3) is 0 Å². The summed E-state index contributed by atoms with van der Waals surface area (Å²) in [6.45, 7) is 12.9. The Hall–Kier alpha value is -3.12. The number of benzene rings is 1. The maximum atomic E-state index is 12.3. The lowest BCUT2D eigenvalue weighted by molar-refractivity contribution is -0.163. The Balaban J connectivity index is 1.62. The minimum absolute atomic E-state index is 0.174. The molecule has 0 aliphatic heterocycles. The number of rotatable bonds is 9. The molecule has 33 heavy (non-hydrogen) atoms. The number of aryl methyl sites for hydroxylation is 1. The topological polar surface area (TPSA) is 73.6 Å². The first kappa shape index (κ1) is 24.5. The van der Waals surface area contributed by atoms with Crippen LogP contribution < -0.4 is 5.32 Å². The van der Waals surface area contributed by atoms with Gasteiger partial charge in [0.15, 0.2) is 5.60 Å². The summed E-state index contributed by atoms with van der Waals surface area (Å²) in [5.74, 6) is 1.97. The maximum absolute atomic E-state index is 12.3. The van der Waals surface area contributed by atoms with Crippen LogP contribution in [-0.2, 0) is 20.8 Å². The van der Waals surface area contributed by atoms with Gasteiger partial charge in [-0.25, -0.2) is 9.78 Å². The largest absolute Gasteiger partial charge is 0.476 e. The van der Waals surface area contributed by atoms with Crippen molar-refractivity contribution in [2.45, 2.75) is 53.7 Å². The third-order valence-corrected chi connectivity index (χ3v) is 5.48. The molecule has 2 aromatic rings. The number of carbonyl (C=O) groups excluding carboxylic acids is 1. The van der Waals surface area contributed by atoms with E-state index < -0.39 is 5.60 Å². The lowest BCUT2D eigenvalue weighted by Gasteiger charge is -2.27. The van der Waals surface area contributed by atoms with Gasteiger partial charge in [-0.2, -0.15) is 0 Å². The van der Waals surface area contributed by atoms with Gasteiger partial charge in [0.1, 0.15) is 11.5 Å². The first-order chi connectivity index (χ1) is 15.7. The molecule has 1 aromatic carbocycles. The molecule has 0 saturated heterocycles. The Morgan fingerprint density at radius 3 is 2.61 bits per heavy atom. The second-order valence-electron chi connectivity index (χ2n) is 8.74. The quantitative estimate of drug-likeness (QED) is 0.508. The smallest absolute Gasteiger partial charge is 0.349 e. The van der Waals surface area contributed by atoms with Crippen molar-refractivity contribution >= 4 is 5.97 Å². The van der Waals surface area contributed by atoms with Crippen molar-refractivity contribution < 1.29 is 18.7 Å². The summed E-state index contributed by atoms with van der Waals surface area (Å²) >= 11 is 0. The van der Waals surface area contributed by atoms with E-state index in [1.807, 2.05) is 57.2 Å². The number of nitrogens with zero attached hydrogens (tertiary/aromatic N) is 1. The number of allylic oxidation sites excluding steroid dienone is 3. The van der Waals surface area contributed by atoms with Crippen LogP contribution in [0.25, 0.3) is 11.5 Å². The Morgan fingerprint density at radius 2 is 1.91 bits per heavy atom. The van der Waals surface area contributed by atoms with Crippen LogP contribution in [0.15, 0.2) is 69.9 Å². The number of ether oxygens (including phenoxy) is 2. The molecule has 0 fully saturated rings. The van der Waals surface area contributed by atoms with Crippen LogP contribution in [0.3, 0.4) is 0 Å². The second kappa shape index (κ2) is 10.7. The van der Waals surface area contributed by atoms with Crippen molar-refractivity contribution in [1.29, 1.82) is 0 Å². The average molecular weight is 451 g/mol. The zero-order valence-corrected chi connectivity index (χ0v) is 20.4. The molecule has 1 aromatic heterocycles. The van der Waals surface area contributed by atoms with Crippen LogP contribution in [0, 0.1) is 12.8 Å². The summed E-state index contributed by atoms with van der Waals surface area (Å²) in [4.78, 5) is 16.9. The molecule has 0 bridgehead atoms. The summed E-state index contributed by atoms with van der Waals surface area (Å²) in [6, 6.07) is 9.90. The SMILES string of the molecule is CCOC(=O)C(C)(C)OC1=C(C)C=CC(CNCc2nc(-c3ccccc3)oc2C)C=C1C. The van der Waals surface area contributed by atoms with Crippen LogP contribution >= 0.6 is 0 Å². The molecule has 0 radical (unpaired) electrons. The maximum Gasteiger partial charge on any atom is 0.349 e. The highest BCUT2D eigenvalue weighted by Gasteiger charge is 2.33. The van der Waals surface area contributed by atoms with Crippen molar-refractivity contribution in [3.05, 3.63) is 76.9 Å². The molecule has 3 rings (SSSR count). The number of carbonyl (C=O) groups is 1. The van der Waals surface area contributed by atoms with Crippen LogP contribution in [0.4, 0.5) is 0 Å². The lowest BCUT2D eigenvalue weighted by Crippen LogP contribution is -2.36. The van der Waals surface area contributed by atoms with E-state index in [0.717, 1.165) is 34.7 Å². The molecule has 0 spiro atoms. The Morgan fingerprint density at radius 1 is 1.18 bits per heavy atom. The first-order valence-electron chi connectivity index (χ1n) is 11.4. The normalized spacial score (nSPS) is 16.4. The predicted octanol–water partition coefficient (Wildman–Crippen LogP) is 5.50. The van der Waals surface area contributed by atoms with E-state index in [-0.39, 0.29) is 11.9 Å². The molecule has 1 atom stereocenters. The summed E-state index contributed by atoms with van der Waals surface area (Å²) in [6.07, 6.45) is 6.34. The highest BCUT2D eigenvalue weighted by atomic mass is 16.6. The molecule has 1 heterocycles. The van der Waals surface area contributed by atoms with E-state index in [2.05, 4.69) is 22.5 Å². The van der Waals surface area contributed by atoms with Gasteiger partial charge in [-0.1, -0.05) is 36.4 Å². The molecule has 176 valence electrons. The summed E-state index contributed by atoms with van der Waals surface area (Å²) in [5.41, 5.74) is 2.78. The van der Waals surface area contributed by atoms with Crippen LogP contribution in [0.2, 0.25) is 0 Å². The third kappa shape index (κ3) is 6.23. The van der Waals surface area contributed by atoms with Crippen molar-refractivity contribution in [2.75, 3.05) is 13.2 Å². The molecular formula is C27H34N2O4. The van der Waals surface area contributed by atoms with E-state index in [1.165, 1.54) is 0 Å². The van der Waals surface area contributed by atoms with Crippen LogP contribution in [-0.4, -0.2) is 29.7 Å². The number of nitrogens with one attached hydrogen (secondary N) is 1. The molecule has 0 saturated carbocycles. The fourth-order valence-corrected chi connectivity index (χ4v) is 3.65. The number of hydrogen-bond donors (Lipinski definition) is 1. The molecule has 0 amide bonds. The van der Waals surface area contributed by atoms with Crippen LogP contribution in [0.5, 0.6) is 0 Å². The first-order valence-corrected chi connectivity index (χ1v) is 11.4. The molecular weight excluding hydrogens is 416 g/mol. The molecule has 1 N–H and O–H groups in total. The van der Waals surface area contributed by atoms with Gasteiger partial charge < -0.3 is 19.2 Å². The van der Waals surface area contributed by atoms with Gasteiger partial charge in [0.05, 0.1) is 12.3 Å². The number of esters is 1. The van der Waals surface area contributed by atoms with E-state index in [9.17, 15) is 4.79 Å². The minimum atomic E-state index is -1.06. The van der Waals surface area contributed by atoms with E-state index in [1.54, 1.807) is 20.8 Å². The van der Waals surface area contributed by atoms with Crippen molar-refractivity contribution in [3.63, 3.8) is 0 Å². The summed E-state index contributed by atoms with van der Waals surface area (Å²) < 4.78 is 17.1. The van der Waals surface area contributed by atoms with Crippen molar-refractivity contribution in [2.24, 2.45) is 5.92 Å². The zero-order chi connectivity index (χ0) is 24.0. The minimum Gasteiger partial charge on any atom is -0.476 e. The van der Waals surface area contributed by atoms with Gasteiger partial charge in [-0.15, -0.1) is 0 Å². The van der Waals surface area contributed by atoms with Crippen molar-refractivity contribution in [3.8, 4) is 11.5 Å². The van der Waals surface area contributed by atoms with Crippen LogP contribution in [0.1, 0.15) is 46.1 Å². The monoisotopic (exact) mass is 450 g/mol. The fraction of sp³-hybridized carbons (Fsp3) is 0.407. The number of hydrogen-bond acceptors (Lipinski definition) is 6. The molecule has 1 aliphatic carbocycles. The second-order valence-corrected chi connectivity index (χ2v) is 8.74. The van der Waals surface area contributed by atoms with Gasteiger partial charge >= 0.3 is 5.97 Å². The lowest BCUT2D eigenvalue weighted by atomic mass is 10.1. The van der Waals surface area contributed by atoms with Gasteiger partial charge in [-0.3, -0.25) is 0 Å². The average Bonchev–Trinajstić information content (AvgIpc) is 3.10. The standard InChI is InChI=1S/C27H34N2O4/c1-7-31-26(30)27(5,6)33-24-18(2)13-14-21(15-19(24)3)16-28-17-23-20(4)32-25(29-23)22-11-9-8-10-12-22/h8-15,21,28H,7,16-17H2,1-6H3. The molecule has 6 nitrogen and oxygen atoms in total. The summed E-state index contributed by atoms with van der Waals surface area (Å²) in [7, 11) is 0. The zero-order valence-electron chi connectivity index (χ0n) is 20.4. The molecule has 6 heteroatoms. The fourth-order valence-electron chi connectivity index (χ4n) is 3.65. The van der Waals surface area contributed by atoms with Crippen molar-refractivity contribution in [1.82, 2.24) is 10.3 Å². The van der Waals surface area contributed by atoms with E-state index in [0.29, 0.717) is 24.8 Å². The Bertz CT molecular complexity index is 1060. The number of oxazole rings is 1. The van der Waals surface area contributed by atoms with E-state index in [4.69, 9.17) is 13.9 Å². The molecule has 1 aliphatic rings. The van der Waals surface area contributed by atoms with Gasteiger partial charge in [0, 0.05) is 24.6 Å². The highest BCUT2D eigenvalue weighted by Crippen LogP contribution is 2.28. The predicted molar refractivity (Wildman–Crippen MR) is 129 cm³/mol. The Kier molecular flexibility index (Phi) is 7.92. The Labute approximate surface area is 196 Å². The van der Waals surface area contributed by atoms with E-state index >= 15 is 0 Å². The molecule has 1 unspecified atom stereocenters. The highest BCUT2D eigenvalue weighted by molar-refractivity contribution is 5.78. The number of aromatic nitrogens is 1. The third-order valence-electron chi connectivity index (χ3n) is 5.48.